The van der Waals surface area contributed by atoms with Crippen molar-refractivity contribution >= 4 is 17.4 Å². The van der Waals surface area contributed by atoms with Gasteiger partial charge in [0.1, 0.15) is 11.6 Å². The van der Waals surface area contributed by atoms with Gasteiger partial charge in [-0.2, -0.15) is 17.7 Å². The SMILES string of the molecule is O=C(NCc1ccccc1F)C1CCN(c2ccc3nnc(C(F)(F)F)n3n2)CC1. The van der Waals surface area contributed by atoms with E-state index in [4.69, 9.17) is 0 Å². The van der Waals surface area contributed by atoms with Crippen LogP contribution in [0.3, 0.4) is 0 Å². The zero-order valence-corrected chi connectivity index (χ0v) is 15.7. The maximum absolute atomic E-state index is 13.7. The molecule has 158 valence electrons. The molecule has 1 fully saturated rings. The Hall–Kier alpha value is -3.24. The van der Waals surface area contributed by atoms with E-state index in [0.717, 1.165) is 0 Å². The number of piperidine rings is 1. The zero-order chi connectivity index (χ0) is 21.3. The summed E-state index contributed by atoms with van der Waals surface area (Å²) in [6, 6.07) is 9.25. The molecule has 3 heterocycles. The molecule has 0 saturated carbocycles. The van der Waals surface area contributed by atoms with Crippen molar-refractivity contribution in [3.8, 4) is 0 Å². The van der Waals surface area contributed by atoms with Gasteiger partial charge >= 0.3 is 6.18 Å². The lowest BCUT2D eigenvalue weighted by Crippen LogP contribution is -2.41. The molecule has 0 atom stereocenters. The summed E-state index contributed by atoms with van der Waals surface area (Å²) in [6.45, 7) is 1.03. The first-order chi connectivity index (χ1) is 14.3. The van der Waals surface area contributed by atoms with Gasteiger partial charge in [-0.3, -0.25) is 4.79 Å². The Morgan fingerprint density at radius 2 is 1.83 bits per heavy atom. The van der Waals surface area contributed by atoms with E-state index in [9.17, 15) is 22.4 Å². The smallest absolute Gasteiger partial charge is 0.355 e. The molecule has 0 aliphatic carbocycles. The van der Waals surface area contributed by atoms with Crippen molar-refractivity contribution in [3.05, 3.63) is 53.6 Å². The second kappa shape index (κ2) is 7.88. The molecule has 1 N–H and O–H groups in total. The van der Waals surface area contributed by atoms with Crippen LogP contribution in [0.15, 0.2) is 36.4 Å². The number of nitrogens with one attached hydrogen (secondary N) is 1. The largest absolute Gasteiger partial charge is 0.453 e. The number of carbonyl (C=O) groups excluding carboxylic acids is 1. The molecule has 1 saturated heterocycles. The van der Waals surface area contributed by atoms with Crippen molar-refractivity contribution in [1.29, 1.82) is 0 Å². The third-order valence-corrected chi connectivity index (χ3v) is 5.10. The summed E-state index contributed by atoms with van der Waals surface area (Å²) >= 11 is 0. The third-order valence-electron chi connectivity index (χ3n) is 5.10. The minimum absolute atomic E-state index is 0.00785. The van der Waals surface area contributed by atoms with Crippen LogP contribution in [-0.4, -0.2) is 38.8 Å². The van der Waals surface area contributed by atoms with Crippen molar-refractivity contribution in [2.75, 3.05) is 18.0 Å². The molecule has 0 unspecified atom stereocenters. The summed E-state index contributed by atoms with van der Waals surface area (Å²) < 4.78 is 53.5. The number of aromatic nitrogens is 4. The van der Waals surface area contributed by atoms with Gasteiger partial charge in [-0.25, -0.2) is 4.39 Å². The highest BCUT2D eigenvalue weighted by molar-refractivity contribution is 5.79. The zero-order valence-electron chi connectivity index (χ0n) is 15.7. The average molecular weight is 422 g/mol. The Labute approximate surface area is 168 Å². The number of anilines is 1. The van der Waals surface area contributed by atoms with E-state index in [0.29, 0.717) is 41.8 Å². The monoisotopic (exact) mass is 422 g/mol. The second-order valence-corrected chi connectivity index (χ2v) is 7.05. The molecule has 1 aromatic carbocycles. The second-order valence-electron chi connectivity index (χ2n) is 7.05. The van der Waals surface area contributed by atoms with Crippen LogP contribution < -0.4 is 10.2 Å². The molecule has 2 aromatic heterocycles. The fraction of sp³-hybridized carbons (Fsp3) is 0.368. The molecular formula is C19H18F4N6O. The highest BCUT2D eigenvalue weighted by atomic mass is 19.4. The minimum atomic E-state index is -4.66. The van der Waals surface area contributed by atoms with Crippen LogP contribution >= 0.6 is 0 Å². The van der Waals surface area contributed by atoms with Gasteiger partial charge in [0.05, 0.1) is 0 Å². The van der Waals surface area contributed by atoms with Gasteiger partial charge in [-0.05, 0) is 31.0 Å². The van der Waals surface area contributed by atoms with Gasteiger partial charge in [0.2, 0.25) is 5.91 Å². The molecule has 4 rings (SSSR count). The van der Waals surface area contributed by atoms with E-state index >= 15 is 0 Å². The lowest BCUT2D eigenvalue weighted by Gasteiger charge is -2.32. The molecule has 0 radical (unpaired) electrons. The molecule has 11 heteroatoms. The molecule has 1 aliphatic heterocycles. The highest BCUT2D eigenvalue weighted by Gasteiger charge is 2.38. The fourth-order valence-corrected chi connectivity index (χ4v) is 3.46. The molecule has 1 amide bonds. The van der Waals surface area contributed by atoms with E-state index < -0.39 is 12.0 Å². The molecule has 7 nitrogen and oxygen atoms in total. The molecule has 0 spiro atoms. The molecule has 3 aromatic rings. The number of hydrogen-bond donors (Lipinski definition) is 1. The predicted molar refractivity (Wildman–Crippen MR) is 99.0 cm³/mol. The number of nitrogens with zero attached hydrogens (tertiary/aromatic N) is 5. The number of alkyl halides is 3. The van der Waals surface area contributed by atoms with Crippen LogP contribution in [0.1, 0.15) is 24.2 Å². The predicted octanol–water partition coefficient (Wildman–Crippen LogP) is 2.82. The Kier molecular flexibility index (Phi) is 5.27. The van der Waals surface area contributed by atoms with Crippen molar-refractivity contribution in [3.63, 3.8) is 0 Å². The summed E-state index contributed by atoms with van der Waals surface area (Å²) in [5, 5.41) is 13.4. The van der Waals surface area contributed by atoms with Crippen LogP contribution in [0.2, 0.25) is 0 Å². The van der Waals surface area contributed by atoms with Crippen LogP contribution in [0, 0.1) is 11.7 Å². The van der Waals surface area contributed by atoms with Crippen LogP contribution in [0.4, 0.5) is 23.4 Å². The van der Waals surface area contributed by atoms with Gasteiger partial charge < -0.3 is 10.2 Å². The van der Waals surface area contributed by atoms with Gasteiger partial charge in [0, 0.05) is 31.1 Å². The number of benzene rings is 1. The van der Waals surface area contributed by atoms with Crippen LogP contribution in [-0.2, 0) is 17.5 Å². The number of fused-ring (bicyclic) bond motifs is 1. The van der Waals surface area contributed by atoms with E-state index in [1.54, 1.807) is 24.3 Å². The summed E-state index contributed by atoms with van der Waals surface area (Å²) in [6.07, 6.45) is -3.64. The van der Waals surface area contributed by atoms with E-state index in [-0.39, 0.29) is 29.8 Å². The molecule has 30 heavy (non-hydrogen) atoms. The van der Waals surface area contributed by atoms with Crippen molar-refractivity contribution in [2.24, 2.45) is 5.92 Å². The van der Waals surface area contributed by atoms with Crippen molar-refractivity contribution in [1.82, 2.24) is 25.1 Å². The normalized spacial score (nSPS) is 15.5. The summed E-state index contributed by atoms with van der Waals surface area (Å²) in [5.41, 5.74) is 0.420. The van der Waals surface area contributed by atoms with Crippen LogP contribution in [0.25, 0.3) is 5.65 Å². The van der Waals surface area contributed by atoms with Gasteiger partial charge in [-0.15, -0.1) is 15.3 Å². The first-order valence-corrected chi connectivity index (χ1v) is 9.38. The third kappa shape index (κ3) is 4.05. The minimum Gasteiger partial charge on any atom is -0.355 e. The van der Waals surface area contributed by atoms with Gasteiger partial charge in [-0.1, -0.05) is 18.2 Å². The Balaban J connectivity index is 1.38. The van der Waals surface area contributed by atoms with Crippen molar-refractivity contribution in [2.45, 2.75) is 25.6 Å². The lowest BCUT2D eigenvalue weighted by atomic mass is 9.96. The van der Waals surface area contributed by atoms with Gasteiger partial charge in [0.15, 0.2) is 5.65 Å². The van der Waals surface area contributed by atoms with Crippen molar-refractivity contribution < 1.29 is 22.4 Å². The average Bonchev–Trinajstić information content (AvgIpc) is 3.17. The first-order valence-electron chi connectivity index (χ1n) is 9.38. The summed E-state index contributed by atoms with van der Waals surface area (Å²) in [7, 11) is 0. The number of halogens is 4. The quantitative estimate of drug-likeness (QED) is 0.655. The maximum Gasteiger partial charge on any atom is 0.453 e. The molecule has 1 aliphatic rings. The Bertz CT molecular complexity index is 1060. The molecule has 0 bridgehead atoms. The maximum atomic E-state index is 13.7. The number of rotatable bonds is 4. The van der Waals surface area contributed by atoms with E-state index in [1.807, 2.05) is 4.90 Å². The highest BCUT2D eigenvalue weighted by Crippen LogP contribution is 2.28. The van der Waals surface area contributed by atoms with E-state index in [2.05, 4.69) is 20.6 Å². The number of carbonyl (C=O) groups is 1. The first kappa shape index (κ1) is 20.0. The molecular weight excluding hydrogens is 404 g/mol. The van der Waals surface area contributed by atoms with Gasteiger partial charge in [0.25, 0.3) is 5.82 Å². The Morgan fingerprint density at radius 3 is 2.53 bits per heavy atom. The number of amides is 1. The van der Waals surface area contributed by atoms with Crippen LogP contribution in [0.5, 0.6) is 0 Å². The summed E-state index contributed by atoms with van der Waals surface area (Å²) in [5.74, 6) is -1.61. The number of hydrogen-bond acceptors (Lipinski definition) is 5. The standard InChI is InChI=1S/C19H18F4N6O/c20-14-4-2-1-3-13(14)11-24-17(30)12-7-9-28(10-8-12)16-6-5-15-25-26-18(19(21,22)23)29(15)27-16/h1-6,12H,7-11H2,(H,24,30). The summed E-state index contributed by atoms with van der Waals surface area (Å²) in [4.78, 5) is 14.2. The fourth-order valence-electron chi connectivity index (χ4n) is 3.46. The topological polar surface area (TPSA) is 75.4 Å². The Morgan fingerprint density at radius 1 is 1.10 bits per heavy atom. The lowest BCUT2D eigenvalue weighted by molar-refractivity contribution is -0.146. The van der Waals surface area contributed by atoms with E-state index in [1.165, 1.54) is 12.1 Å².